The molecule has 23 heavy (non-hydrogen) atoms. The molecule has 1 aromatic rings. The summed E-state index contributed by atoms with van der Waals surface area (Å²) in [4.78, 5) is 17.4. The van der Waals surface area contributed by atoms with Gasteiger partial charge in [0.25, 0.3) is 0 Å². The van der Waals surface area contributed by atoms with E-state index >= 15 is 0 Å². The molecule has 4 nitrogen and oxygen atoms in total. The zero-order valence-corrected chi connectivity index (χ0v) is 15.2. The number of aromatic nitrogens is 1. The second-order valence-corrected chi connectivity index (χ2v) is 8.26. The molecule has 5 heteroatoms. The molecule has 1 unspecified atom stereocenters. The highest BCUT2D eigenvalue weighted by Gasteiger charge is 2.39. The molecule has 0 spiro atoms. The van der Waals surface area contributed by atoms with E-state index in [1.165, 1.54) is 25.7 Å². The third-order valence-corrected chi connectivity index (χ3v) is 6.72. The molecule has 1 atom stereocenters. The number of hydrogen-bond acceptors (Lipinski definition) is 4. The maximum Gasteiger partial charge on any atom is 0.221 e. The van der Waals surface area contributed by atoms with Crippen LogP contribution < -0.4 is 10.6 Å². The fraction of sp³-hybridized carbons (Fsp3) is 0.778. The van der Waals surface area contributed by atoms with E-state index in [4.69, 9.17) is 0 Å². The average molecular weight is 336 g/mol. The molecule has 0 radical (unpaired) electrons. The molecule has 128 valence electrons. The number of nitrogens with zero attached hydrogens (tertiary/aromatic N) is 1. The van der Waals surface area contributed by atoms with Crippen molar-refractivity contribution < 1.29 is 4.79 Å². The Hall–Kier alpha value is -0.940. The van der Waals surface area contributed by atoms with E-state index in [2.05, 4.69) is 27.9 Å². The van der Waals surface area contributed by atoms with Gasteiger partial charge in [-0.3, -0.25) is 4.79 Å². The Balaban J connectivity index is 1.62. The fourth-order valence-electron chi connectivity index (χ4n) is 4.13. The Morgan fingerprint density at radius 1 is 1.43 bits per heavy atom. The molecule has 2 aliphatic rings. The number of amides is 1. The minimum atomic E-state index is -0.191. The van der Waals surface area contributed by atoms with Gasteiger partial charge in [0.05, 0.1) is 5.54 Å². The molecule has 2 N–H and O–H groups in total. The standard InChI is InChI=1S/C18H29N3OS/c1-13(15-5-9-19-10-6-15)11-16(22)21-18(7-3-4-8-18)17-20-14(2)12-23-17/h12-13,15,19H,3-11H2,1-2H3,(H,21,22). The molecule has 1 amide bonds. The van der Waals surface area contributed by atoms with E-state index in [1.54, 1.807) is 11.3 Å². The van der Waals surface area contributed by atoms with Crippen molar-refractivity contribution in [2.24, 2.45) is 11.8 Å². The predicted molar refractivity (Wildman–Crippen MR) is 94.5 cm³/mol. The molecular weight excluding hydrogens is 306 g/mol. The first-order valence-corrected chi connectivity index (χ1v) is 9.91. The second-order valence-electron chi connectivity index (χ2n) is 7.40. The number of piperidine rings is 1. The fourth-order valence-corrected chi connectivity index (χ4v) is 5.15. The lowest BCUT2D eigenvalue weighted by Crippen LogP contribution is -2.44. The Labute approximate surface area is 143 Å². The molecule has 3 rings (SSSR count). The summed E-state index contributed by atoms with van der Waals surface area (Å²) in [5, 5.41) is 9.99. The van der Waals surface area contributed by atoms with Crippen LogP contribution in [0.2, 0.25) is 0 Å². The summed E-state index contributed by atoms with van der Waals surface area (Å²) >= 11 is 1.70. The van der Waals surface area contributed by atoms with E-state index in [9.17, 15) is 4.79 Å². The normalized spacial score (nSPS) is 22.9. The van der Waals surface area contributed by atoms with E-state index in [0.29, 0.717) is 18.3 Å². The van der Waals surface area contributed by atoms with Gasteiger partial charge in [-0.15, -0.1) is 11.3 Å². The lowest BCUT2D eigenvalue weighted by molar-refractivity contribution is -0.124. The van der Waals surface area contributed by atoms with Crippen LogP contribution in [-0.2, 0) is 10.3 Å². The van der Waals surface area contributed by atoms with E-state index in [0.717, 1.165) is 36.6 Å². The van der Waals surface area contributed by atoms with Crippen molar-refractivity contribution >= 4 is 17.2 Å². The van der Waals surface area contributed by atoms with Crippen molar-refractivity contribution in [2.75, 3.05) is 13.1 Å². The minimum absolute atomic E-state index is 0.191. The quantitative estimate of drug-likeness (QED) is 0.867. The lowest BCUT2D eigenvalue weighted by Gasteiger charge is -2.31. The maximum atomic E-state index is 12.7. The topological polar surface area (TPSA) is 54.0 Å². The summed E-state index contributed by atoms with van der Waals surface area (Å²) in [6.07, 6.45) is 7.49. The molecule has 1 aliphatic heterocycles. The summed E-state index contributed by atoms with van der Waals surface area (Å²) in [5.41, 5.74) is 0.873. The molecule has 1 saturated heterocycles. The molecule has 1 aliphatic carbocycles. The first-order chi connectivity index (χ1) is 11.1. The Morgan fingerprint density at radius 2 is 2.13 bits per heavy atom. The summed E-state index contributed by atoms with van der Waals surface area (Å²) in [5.74, 6) is 1.36. The highest BCUT2D eigenvalue weighted by molar-refractivity contribution is 7.09. The third-order valence-electron chi connectivity index (χ3n) is 5.56. The van der Waals surface area contributed by atoms with Crippen LogP contribution in [0.4, 0.5) is 0 Å². The number of carbonyl (C=O) groups excluding carboxylic acids is 1. The number of aryl methyl sites for hydroxylation is 1. The molecule has 2 fully saturated rings. The van der Waals surface area contributed by atoms with Gasteiger partial charge in [0.15, 0.2) is 0 Å². The smallest absolute Gasteiger partial charge is 0.221 e. The van der Waals surface area contributed by atoms with Crippen LogP contribution in [-0.4, -0.2) is 24.0 Å². The van der Waals surface area contributed by atoms with Gasteiger partial charge in [-0.25, -0.2) is 4.98 Å². The minimum Gasteiger partial charge on any atom is -0.344 e. The summed E-state index contributed by atoms with van der Waals surface area (Å²) < 4.78 is 0. The Bertz CT molecular complexity index is 530. The van der Waals surface area contributed by atoms with Crippen LogP contribution in [0.15, 0.2) is 5.38 Å². The Kier molecular flexibility index (Phi) is 5.37. The first kappa shape index (κ1) is 16.9. The van der Waals surface area contributed by atoms with E-state index < -0.39 is 0 Å². The number of thiazole rings is 1. The SMILES string of the molecule is Cc1csc(C2(NC(=O)CC(C)C3CCNCC3)CCCC2)n1. The summed E-state index contributed by atoms with van der Waals surface area (Å²) in [6.45, 7) is 6.46. The molecule has 1 aromatic heterocycles. The third kappa shape index (κ3) is 3.94. The highest BCUT2D eigenvalue weighted by atomic mass is 32.1. The number of carbonyl (C=O) groups is 1. The van der Waals surface area contributed by atoms with Gasteiger partial charge in [0.1, 0.15) is 5.01 Å². The highest BCUT2D eigenvalue weighted by Crippen LogP contribution is 2.40. The summed E-state index contributed by atoms with van der Waals surface area (Å²) in [6, 6.07) is 0. The average Bonchev–Trinajstić information content (AvgIpc) is 3.18. The first-order valence-electron chi connectivity index (χ1n) is 9.03. The van der Waals surface area contributed by atoms with Crippen molar-refractivity contribution in [3.05, 3.63) is 16.1 Å². The largest absolute Gasteiger partial charge is 0.344 e. The van der Waals surface area contributed by atoms with Crippen molar-refractivity contribution in [1.82, 2.24) is 15.6 Å². The summed E-state index contributed by atoms with van der Waals surface area (Å²) in [7, 11) is 0. The van der Waals surface area contributed by atoms with Gasteiger partial charge in [0.2, 0.25) is 5.91 Å². The molecule has 0 aromatic carbocycles. The van der Waals surface area contributed by atoms with Crippen molar-refractivity contribution in [3.8, 4) is 0 Å². The molecule has 1 saturated carbocycles. The number of nitrogens with one attached hydrogen (secondary N) is 2. The van der Waals surface area contributed by atoms with E-state index in [1.807, 2.05) is 6.92 Å². The zero-order valence-electron chi connectivity index (χ0n) is 14.4. The predicted octanol–water partition coefficient (Wildman–Crippen LogP) is 3.36. The van der Waals surface area contributed by atoms with Gasteiger partial charge < -0.3 is 10.6 Å². The maximum absolute atomic E-state index is 12.7. The van der Waals surface area contributed by atoms with Gasteiger partial charge in [-0.2, -0.15) is 0 Å². The second kappa shape index (κ2) is 7.31. The lowest BCUT2D eigenvalue weighted by atomic mass is 9.83. The van der Waals surface area contributed by atoms with Crippen LogP contribution in [0.1, 0.15) is 62.6 Å². The monoisotopic (exact) mass is 335 g/mol. The van der Waals surface area contributed by atoms with Crippen molar-refractivity contribution in [1.29, 1.82) is 0 Å². The van der Waals surface area contributed by atoms with Crippen LogP contribution in [0.25, 0.3) is 0 Å². The number of rotatable bonds is 5. The van der Waals surface area contributed by atoms with Crippen LogP contribution in [0.3, 0.4) is 0 Å². The molecule has 0 bridgehead atoms. The Morgan fingerprint density at radius 3 is 2.74 bits per heavy atom. The number of hydrogen-bond donors (Lipinski definition) is 2. The molecule has 2 heterocycles. The van der Waals surface area contributed by atoms with Crippen molar-refractivity contribution in [2.45, 2.75) is 64.3 Å². The molecular formula is C18H29N3OS. The van der Waals surface area contributed by atoms with Gasteiger partial charge in [0, 0.05) is 17.5 Å². The van der Waals surface area contributed by atoms with Crippen LogP contribution >= 0.6 is 11.3 Å². The van der Waals surface area contributed by atoms with Gasteiger partial charge in [-0.1, -0.05) is 19.8 Å². The van der Waals surface area contributed by atoms with Crippen LogP contribution in [0.5, 0.6) is 0 Å². The van der Waals surface area contributed by atoms with E-state index in [-0.39, 0.29) is 11.4 Å². The van der Waals surface area contributed by atoms with Crippen LogP contribution in [0, 0.1) is 18.8 Å². The zero-order chi connectivity index (χ0) is 16.3. The van der Waals surface area contributed by atoms with Gasteiger partial charge in [-0.05, 0) is 57.5 Å². The van der Waals surface area contributed by atoms with Gasteiger partial charge >= 0.3 is 0 Å². The van der Waals surface area contributed by atoms with Crippen molar-refractivity contribution in [3.63, 3.8) is 0 Å².